The lowest BCUT2D eigenvalue weighted by Gasteiger charge is -2.23. The zero-order chi connectivity index (χ0) is 24.9. The Balaban J connectivity index is 1.81. The minimum atomic E-state index is -5.05. The summed E-state index contributed by atoms with van der Waals surface area (Å²) in [6, 6.07) is 10.7. The Morgan fingerprint density at radius 3 is 2.56 bits per heavy atom. The van der Waals surface area contributed by atoms with Crippen LogP contribution in [0.25, 0.3) is 0 Å². The molecule has 3 rings (SSSR count). The van der Waals surface area contributed by atoms with Crippen molar-refractivity contribution in [2.24, 2.45) is 5.92 Å². The average Bonchev–Trinajstić information content (AvgIpc) is 3.20. The molecule has 0 spiro atoms. The standard InChI is InChI=1S/C23H24F3NO6S/c1-3-32-22(28)21(15-7-6-8-18(14-15)31-2)16-11-12-17(13-16)27-34(29,30)20-10-5-4-9-19(20)33-23(24,25)26/h4-12,14,16-17,21,27H,3,13H2,1-2H3/t16-,17-,21+/m0/s1. The maximum atomic E-state index is 12.9. The van der Waals surface area contributed by atoms with Crippen molar-refractivity contribution < 1.29 is 40.6 Å². The Labute approximate surface area is 195 Å². The normalized spacial score (nSPS) is 19.0. The van der Waals surface area contributed by atoms with Gasteiger partial charge in [0.1, 0.15) is 16.4 Å². The van der Waals surface area contributed by atoms with Gasteiger partial charge in [-0.25, -0.2) is 13.1 Å². The van der Waals surface area contributed by atoms with E-state index in [2.05, 4.69) is 9.46 Å². The number of para-hydroxylation sites is 1. The van der Waals surface area contributed by atoms with Crippen LogP contribution in [0.3, 0.4) is 0 Å². The summed E-state index contributed by atoms with van der Waals surface area (Å²) in [5.74, 6) is -1.89. The van der Waals surface area contributed by atoms with E-state index in [1.165, 1.54) is 19.2 Å². The lowest BCUT2D eigenvalue weighted by atomic mass is 9.85. The number of allylic oxidation sites excluding steroid dienone is 1. The monoisotopic (exact) mass is 499 g/mol. The number of carbonyl (C=O) groups is 1. The molecule has 1 aliphatic rings. The molecule has 0 aliphatic heterocycles. The van der Waals surface area contributed by atoms with Gasteiger partial charge in [-0.05, 0) is 49.1 Å². The zero-order valence-electron chi connectivity index (χ0n) is 18.4. The second kappa shape index (κ2) is 10.5. The van der Waals surface area contributed by atoms with Crippen LogP contribution in [0.15, 0.2) is 65.6 Å². The molecule has 1 N–H and O–H groups in total. The molecule has 0 heterocycles. The van der Waals surface area contributed by atoms with E-state index in [0.29, 0.717) is 11.3 Å². The van der Waals surface area contributed by atoms with E-state index in [9.17, 15) is 26.4 Å². The second-order valence-corrected chi connectivity index (χ2v) is 9.20. The lowest BCUT2D eigenvalue weighted by molar-refractivity contribution is -0.275. The molecule has 3 atom stereocenters. The van der Waals surface area contributed by atoms with Crippen LogP contribution in [0.2, 0.25) is 0 Å². The maximum absolute atomic E-state index is 12.9. The molecule has 2 aromatic rings. The minimum absolute atomic E-state index is 0.168. The predicted octanol–water partition coefficient (Wildman–Crippen LogP) is 4.16. The number of carbonyl (C=O) groups excluding carboxylic acids is 1. The molecule has 2 aromatic carbocycles. The van der Waals surface area contributed by atoms with Gasteiger partial charge in [0.2, 0.25) is 10.0 Å². The van der Waals surface area contributed by atoms with Gasteiger partial charge in [-0.3, -0.25) is 4.79 Å². The molecule has 7 nitrogen and oxygen atoms in total. The highest BCUT2D eigenvalue weighted by Gasteiger charge is 2.37. The Kier molecular flexibility index (Phi) is 7.88. The van der Waals surface area contributed by atoms with Crippen LogP contribution >= 0.6 is 0 Å². The summed E-state index contributed by atoms with van der Waals surface area (Å²) >= 11 is 0. The highest BCUT2D eigenvalue weighted by atomic mass is 32.2. The molecule has 0 aromatic heterocycles. The molecular weight excluding hydrogens is 475 g/mol. The Bertz CT molecular complexity index is 1150. The number of rotatable bonds is 9. The third-order valence-corrected chi connectivity index (χ3v) is 6.74. The van der Waals surface area contributed by atoms with Crippen LogP contribution in [0.4, 0.5) is 13.2 Å². The molecule has 34 heavy (non-hydrogen) atoms. The van der Waals surface area contributed by atoms with Gasteiger partial charge in [-0.15, -0.1) is 13.2 Å². The number of halogens is 3. The first-order valence-corrected chi connectivity index (χ1v) is 11.9. The SMILES string of the molecule is CCOC(=O)[C@H](c1cccc(OC)c1)[C@H]1C=C[C@H](NS(=O)(=O)c2ccccc2OC(F)(F)F)C1. The molecule has 0 saturated carbocycles. The topological polar surface area (TPSA) is 90.9 Å². The van der Waals surface area contributed by atoms with Gasteiger partial charge in [0, 0.05) is 6.04 Å². The summed E-state index contributed by atoms with van der Waals surface area (Å²) in [5, 5.41) is 0. The number of esters is 1. The molecular formula is C23H24F3NO6S. The van der Waals surface area contributed by atoms with Gasteiger partial charge >= 0.3 is 12.3 Å². The van der Waals surface area contributed by atoms with Gasteiger partial charge in [-0.1, -0.05) is 36.4 Å². The van der Waals surface area contributed by atoms with Crippen molar-refractivity contribution in [3.8, 4) is 11.5 Å². The largest absolute Gasteiger partial charge is 0.573 e. The highest BCUT2D eigenvalue weighted by molar-refractivity contribution is 7.89. The third kappa shape index (κ3) is 6.29. The number of hydrogen-bond donors (Lipinski definition) is 1. The van der Waals surface area contributed by atoms with E-state index in [1.54, 1.807) is 43.3 Å². The molecule has 0 fully saturated rings. The zero-order valence-corrected chi connectivity index (χ0v) is 19.2. The summed E-state index contributed by atoms with van der Waals surface area (Å²) in [7, 11) is -2.86. The van der Waals surface area contributed by atoms with Crippen molar-refractivity contribution in [1.82, 2.24) is 4.72 Å². The highest BCUT2D eigenvalue weighted by Crippen LogP contribution is 2.36. The lowest BCUT2D eigenvalue weighted by Crippen LogP contribution is -2.34. The minimum Gasteiger partial charge on any atom is -0.497 e. The fourth-order valence-corrected chi connectivity index (χ4v) is 5.16. The summed E-state index contributed by atoms with van der Waals surface area (Å²) in [6.07, 6.45) is -1.58. The summed E-state index contributed by atoms with van der Waals surface area (Å²) < 4.78 is 80.6. The van der Waals surface area contributed by atoms with E-state index in [-0.39, 0.29) is 13.0 Å². The van der Waals surface area contributed by atoms with Crippen LogP contribution in [-0.2, 0) is 19.6 Å². The molecule has 184 valence electrons. The quantitative estimate of drug-likeness (QED) is 0.412. The van der Waals surface area contributed by atoms with E-state index < -0.39 is 50.9 Å². The van der Waals surface area contributed by atoms with Crippen molar-refractivity contribution in [2.45, 2.75) is 36.6 Å². The first kappa shape index (κ1) is 25.6. The van der Waals surface area contributed by atoms with Crippen LogP contribution in [0.5, 0.6) is 11.5 Å². The van der Waals surface area contributed by atoms with E-state index in [4.69, 9.17) is 9.47 Å². The number of methoxy groups -OCH3 is 1. The van der Waals surface area contributed by atoms with Crippen molar-refractivity contribution in [2.75, 3.05) is 13.7 Å². The van der Waals surface area contributed by atoms with Crippen molar-refractivity contribution in [1.29, 1.82) is 0 Å². The van der Waals surface area contributed by atoms with Crippen LogP contribution < -0.4 is 14.2 Å². The van der Waals surface area contributed by atoms with E-state index >= 15 is 0 Å². The van der Waals surface area contributed by atoms with Crippen LogP contribution in [-0.4, -0.2) is 40.5 Å². The first-order valence-electron chi connectivity index (χ1n) is 10.4. The molecule has 11 heteroatoms. The fraction of sp³-hybridized carbons (Fsp3) is 0.348. The number of nitrogens with one attached hydrogen (secondary N) is 1. The van der Waals surface area contributed by atoms with Crippen molar-refractivity contribution in [3.63, 3.8) is 0 Å². The maximum Gasteiger partial charge on any atom is 0.573 e. The Morgan fingerprint density at radius 1 is 1.15 bits per heavy atom. The van der Waals surface area contributed by atoms with Crippen LogP contribution in [0, 0.1) is 5.92 Å². The molecule has 1 aliphatic carbocycles. The van der Waals surface area contributed by atoms with Crippen LogP contribution in [0.1, 0.15) is 24.8 Å². The Morgan fingerprint density at radius 2 is 1.88 bits per heavy atom. The van der Waals surface area contributed by atoms with Gasteiger partial charge in [0.15, 0.2) is 0 Å². The van der Waals surface area contributed by atoms with E-state index in [0.717, 1.165) is 12.1 Å². The van der Waals surface area contributed by atoms with Crippen molar-refractivity contribution >= 4 is 16.0 Å². The van der Waals surface area contributed by atoms with E-state index in [1.807, 2.05) is 0 Å². The summed E-state index contributed by atoms with van der Waals surface area (Å²) in [4.78, 5) is 12.1. The Hall–Kier alpha value is -3.05. The first-order chi connectivity index (χ1) is 16.0. The van der Waals surface area contributed by atoms with Gasteiger partial charge in [0.05, 0.1) is 19.6 Å². The average molecular weight is 500 g/mol. The second-order valence-electron chi connectivity index (χ2n) is 7.51. The molecule has 0 saturated heterocycles. The molecule has 0 amide bonds. The van der Waals surface area contributed by atoms with Gasteiger partial charge in [-0.2, -0.15) is 0 Å². The number of benzene rings is 2. The van der Waals surface area contributed by atoms with Crippen molar-refractivity contribution in [3.05, 3.63) is 66.2 Å². The fourth-order valence-electron chi connectivity index (χ4n) is 3.83. The number of ether oxygens (including phenoxy) is 3. The summed E-state index contributed by atoms with van der Waals surface area (Å²) in [5.41, 5.74) is 0.639. The molecule has 0 bridgehead atoms. The number of hydrogen-bond acceptors (Lipinski definition) is 6. The third-order valence-electron chi connectivity index (χ3n) is 5.21. The molecule has 0 unspecified atom stereocenters. The smallest absolute Gasteiger partial charge is 0.497 e. The number of sulfonamides is 1. The summed E-state index contributed by atoms with van der Waals surface area (Å²) in [6.45, 7) is 1.85. The van der Waals surface area contributed by atoms with Gasteiger partial charge in [0.25, 0.3) is 0 Å². The molecule has 0 radical (unpaired) electrons. The number of alkyl halides is 3. The van der Waals surface area contributed by atoms with Gasteiger partial charge < -0.3 is 14.2 Å². The predicted molar refractivity (Wildman–Crippen MR) is 117 cm³/mol.